The summed E-state index contributed by atoms with van der Waals surface area (Å²) in [5.41, 5.74) is -0.380. The molecular weight excluding hydrogens is 388 g/mol. The summed E-state index contributed by atoms with van der Waals surface area (Å²) in [7, 11) is -4.42. The van der Waals surface area contributed by atoms with E-state index in [0.29, 0.717) is 10.1 Å². The maximum absolute atomic E-state index is 13.2. The van der Waals surface area contributed by atoms with E-state index in [1.54, 1.807) is 6.07 Å². The van der Waals surface area contributed by atoms with Crippen molar-refractivity contribution in [2.24, 2.45) is 0 Å². The fourth-order valence-electron chi connectivity index (χ4n) is 2.41. The van der Waals surface area contributed by atoms with Gasteiger partial charge in [-0.1, -0.05) is 24.8 Å². The highest BCUT2D eigenvalue weighted by molar-refractivity contribution is 7.93. The van der Waals surface area contributed by atoms with Crippen molar-refractivity contribution in [3.63, 3.8) is 0 Å². The number of hydrogen-bond acceptors (Lipinski definition) is 6. The largest absolute Gasteiger partial charge is 0.489 e. The van der Waals surface area contributed by atoms with Crippen molar-refractivity contribution >= 4 is 27.4 Å². The summed E-state index contributed by atoms with van der Waals surface area (Å²) in [6.07, 6.45) is 1.50. The van der Waals surface area contributed by atoms with Crippen molar-refractivity contribution in [2.45, 2.75) is 17.9 Å². The van der Waals surface area contributed by atoms with Crippen LogP contribution in [0.25, 0.3) is 0 Å². The molecule has 1 N–H and O–H groups in total. The highest BCUT2D eigenvalue weighted by Crippen LogP contribution is 2.30. The number of hydrogen-bond donors (Lipinski definition) is 1. The van der Waals surface area contributed by atoms with Gasteiger partial charge in [-0.15, -0.1) is 0 Å². The topological polar surface area (TPSA) is 127 Å². The lowest BCUT2D eigenvalue weighted by molar-refractivity contribution is -0.385. The second-order valence-electron chi connectivity index (χ2n) is 5.67. The van der Waals surface area contributed by atoms with Gasteiger partial charge in [0.1, 0.15) is 18.4 Å². The van der Waals surface area contributed by atoms with Gasteiger partial charge in [0.05, 0.1) is 15.5 Å². The molecule has 2 rings (SSSR count). The highest BCUT2D eigenvalue weighted by Gasteiger charge is 2.34. The molecule has 0 spiro atoms. The van der Waals surface area contributed by atoms with Crippen LogP contribution >= 0.6 is 0 Å². The van der Waals surface area contributed by atoms with Crippen LogP contribution in [0.1, 0.15) is 6.92 Å². The summed E-state index contributed by atoms with van der Waals surface area (Å²) in [6.45, 7) is 4.90. The van der Waals surface area contributed by atoms with Crippen LogP contribution < -0.4 is 9.04 Å². The van der Waals surface area contributed by atoms with E-state index < -0.39 is 37.5 Å². The van der Waals surface area contributed by atoms with E-state index in [1.807, 2.05) is 0 Å². The minimum Gasteiger partial charge on any atom is -0.489 e. The Morgan fingerprint density at radius 1 is 1.32 bits per heavy atom. The Balaban J connectivity index is 2.60. The van der Waals surface area contributed by atoms with Crippen LogP contribution in [0.5, 0.6) is 5.75 Å². The summed E-state index contributed by atoms with van der Waals surface area (Å²) < 4.78 is 32.4. The number of nitrogens with zero attached hydrogens (tertiary/aromatic N) is 2. The van der Waals surface area contributed by atoms with Crippen molar-refractivity contribution in [2.75, 3.05) is 10.9 Å². The molecule has 0 heterocycles. The molecule has 10 heteroatoms. The monoisotopic (exact) mass is 406 g/mol. The SMILES string of the molecule is C=CCOc1cccc(N(C(C)C(=O)O)S(=O)(=O)c2cccc([N+](=O)[O-])c2)c1. The number of rotatable bonds is 9. The van der Waals surface area contributed by atoms with Gasteiger partial charge < -0.3 is 9.84 Å². The number of nitro groups is 1. The van der Waals surface area contributed by atoms with Gasteiger partial charge in [-0.3, -0.25) is 14.4 Å². The lowest BCUT2D eigenvalue weighted by atomic mass is 10.2. The third-order valence-corrected chi connectivity index (χ3v) is 5.63. The van der Waals surface area contributed by atoms with Gasteiger partial charge in [-0.25, -0.2) is 13.2 Å². The first kappa shape index (κ1) is 20.9. The van der Waals surface area contributed by atoms with Gasteiger partial charge in [-0.2, -0.15) is 0 Å². The molecule has 9 nitrogen and oxygen atoms in total. The fourth-order valence-corrected chi connectivity index (χ4v) is 4.05. The van der Waals surface area contributed by atoms with Gasteiger partial charge in [0.2, 0.25) is 0 Å². The lowest BCUT2D eigenvalue weighted by Crippen LogP contribution is -2.43. The van der Waals surface area contributed by atoms with Gasteiger partial charge in [0, 0.05) is 18.2 Å². The Morgan fingerprint density at radius 2 is 2.00 bits per heavy atom. The zero-order valence-corrected chi connectivity index (χ0v) is 15.7. The van der Waals surface area contributed by atoms with E-state index in [-0.39, 0.29) is 12.3 Å². The van der Waals surface area contributed by atoms with E-state index in [0.717, 1.165) is 12.1 Å². The Kier molecular flexibility index (Phi) is 6.37. The van der Waals surface area contributed by atoms with Crippen LogP contribution in [0.15, 0.2) is 66.1 Å². The van der Waals surface area contributed by atoms with Crippen molar-refractivity contribution in [3.05, 3.63) is 71.3 Å². The van der Waals surface area contributed by atoms with Gasteiger partial charge in [-0.05, 0) is 25.1 Å². The zero-order valence-electron chi connectivity index (χ0n) is 14.9. The fraction of sp³-hybridized carbons (Fsp3) is 0.167. The second kappa shape index (κ2) is 8.53. The average molecular weight is 406 g/mol. The van der Waals surface area contributed by atoms with E-state index in [2.05, 4.69) is 6.58 Å². The van der Waals surface area contributed by atoms with Crippen molar-refractivity contribution < 1.29 is 28.0 Å². The first-order valence-electron chi connectivity index (χ1n) is 8.04. The average Bonchev–Trinajstić information content (AvgIpc) is 2.66. The third kappa shape index (κ3) is 4.46. The zero-order chi connectivity index (χ0) is 20.9. The summed E-state index contributed by atoms with van der Waals surface area (Å²) in [4.78, 5) is 21.4. The van der Waals surface area contributed by atoms with E-state index >= 15 is 0 Å². The van der Waals surface area contributed by atoms with Crippen LogP contribution in [0.2, 0.25) is 0 Å². The summed E-state index contributed by atoms with van der Waals surface area (Å²) in [5.74, 6) is -1.07. The van der Waals surface area contributed by atoms with E-state index in [4.69, 9.17) is 4.74 Å². The molecule has 1 unspecified atom stereocenters. The number of aliphatic carboxylic acids is 1. The molecule has 0 bridgehead atoms. The Hall–Kier alpha value is -3.40. The number of anilines is 1. The van der Waals surface area contributed by atoms with E-state index in [9.17, 15) is 28.4 Å². The number of carbonyl (C=O) groups is 1. The minimum absolute atomic E-state index is 0.0444. The number of sulfonamides is 1. The molecule has 1 atom stereocenters. The van der Waals surface area contributed by atoms with Crippen molar-refractivity contribution in [1.82, 2.24) is 0 Å². The number of benzene rings is 2. The molecule has 0 amide bonds. The van der Waals surface area contributed by atoms with E-state index in [1.165, 1.54) is 43.3 Å². The molecule has 0 aliphatic rings. The van der Waals surface area contributed by atoms with Gasteiger partial charge in [0.15, 0.2) is 0 Å². The van der Waals surface area contributed by atoms with Crippen LogP contribution in [-0.2, 0) is 14.8 Å². The summed E-state index contributed by atoms with van der Waals surface area (Å²) in [6, 6.07) is 8.82. The molecule has 0 radical (unpaired) electrons. The number of nitro benzene ring substituents is 1. The number of non-ortho nitro benzene ring substituents is 1. The number of ether oxygens (including phenoxy) is 1. The Morgan fingerprint density at radius 3 is 2.61 bits per heavy atom. The highest BCUT2D eigenvalue weighted by atomic mass is 32.2. The molecular formula is C18H18N2O7S. The normalized spacial score (nSPS) is 12.0. The minimum atomic E-state index is -4.42. The lowest BCUT2D eigenvalue weighted by Gasteiger charge is -2.28. The molecule has 2 aromatic rings. The molecule has 0 aliphatic heterocycles. The molecule has 0 fully saturated rings. The molecule has 0 aliphatic carbocycles. The predicted molar refractivity (Wildman–Crippen MR) is 102 cm³/mol. The predicted octanol–water partition coefficient (Wildman–Crippen LogP) is 2.83. The first-order valence-corrected chi connectivity index (χ1v) is 9.48. The Labute approximate surface area is 161 Å². The quantitative estimate of drug-likeness (QED) is 0.385. The van der Waals surface area contributed by atoms with Crippen LogP contribution in [0, 0.1) is 10.1 Å². The van der Waals surface area contributed by atoms with Crippen LogP contribution in [-0.4, -0.2) is 37.1 Å². The number of carboxylic acid groups (broad SMARTS) is 1. The molecule has 0 saturated carbocycles. The Bertz CT molecular complexity index is 1000. The standard InChI is InChI=1S/C18H18N2O7S/c1-3-10-27-16-8-4-6-14(11-16)19(13(2)18(21)22)28(25,26)17-9-5-7-15(12-17)20(23)24/h3-9,11-13H,1,10H2,2H3,(H,21,22). The third-order valence-electron chi connectivity index (χ3n) is 3.73. The smallest absolute Gasteiger partial charge is 0.327 e. The number of carboxylic acids is 1. The van der Waals surface area contributed by atoms with Crippen molar-refractivity contribution in [3.8, 4) is 5.75 Å². The molecule has 2 aromatic carbocycles. The van der Waals surface area contributed by atoms with Gasteiger partial charge in [0.25, 0.3) is 15.7 Å². The van der Waals surface area contributed by atoms with Gasteiger partial charge >= 0.3 is 5.97 Å². The second-order valence-corrected chi connectivity index (χ2v) is 7.48. The van der Waals surface area contributed by atoms with Crippen LogP contribution in [0.3, 0.4) is 0 Å². The first-order chi connectivity index (χ1) is 13.2. The maximum Gasteiger partial charge on any atom is 0.327 e. The molecule has 0 aromatic heterocycles. The maximum atomic E-state index is 13.2. The summed E-state index contributed by atoms with van der Waals surface area (Å²) >= 11 is 0. The molecule has 0 saturated heterocycles. The molecule has 148 valence electrons. The molecule has 28 heavy (non-hydrogen) atoms. The van der Waals surface area contributed by atoms with Crippen LogP contribution in [0.4, 0.5) is 11.4 Å². The van der Waals surface area contributed by atoms with Crippen molar-refractivity contribution in [1.29, 1.82) is 0 Å². The summed E-state index contributed by atoms with van der Waals surface area (Å²) in [5, 5.41) is 20.4.